The molecule has 2 aromatic carbocycles. The Hall–Kier alpha value is -2.73. The highest BCUT2D eigenvalue weighted by Crippen LogP contribution is 2.40. The van der Waals surface area contributed by atoms with Crippen LogP contribution < -0.4 is 0 Å². The summed E-state index contributed by atoms with van der Waals surface area (Å²) in [4.78, 5) is 12.2. The van der Waals surface area contributed by atoms with Gasteiger partial charge in [0.25, 0.3) is 5.91 Å². The highest BCUT2D eigenvalue weighted by molar-refractivity contribution is 9.10. The summed E-state index contributed by atoms with van der Waals surface area (Å²) in [6, 6.07) is 12.7. The van der Waals surface area contributed by atoms with E-state index < -0.39 is 5.91 Å². The smallest absolute Gasteiger partial charge is 0.295 e. The molecule has 6 heteroatoms. The summed E-state index contributed by atoms with van der Waals surface area (Å²) in [5.74, 6) is -0.503. The maximum Gasteiger partial charge on any atom is 0.295 e. The van der Waals surface area contributed by atoms with E-state index in [9.17, 15) is 9.90 Å². The van der Waals surface area contributed by atoms with Gasteiger partial charge < -0.3 is 9.67 Å². The van der Waals surface area contributed by atoms with Crippen LogP contribution in [0.15, 0.2) is 69.8 Å². The van der Waals surface area contributed by atoms with E-state index in [2.05, 4.69) is 32.7 Å². The van der Waals surface area contributed by atoms with E-state index in [4.69, 9.17) is 0 Å². The van der Waals surface area contributed by atoms with E-state index in [-0.39, 0.29) is 11.6 Å². The third kappa shape index (κ3) is 3.39. The van der Waals surface area contributed by atoms with Gasteiger partial charge in [0, 0.05) is 22.0 Å². The quantitative estimate of drug-likeness (QED) is 0.464. The van der Waals surface area contributed by atoms with E-state index in [1.54, 1.807) is 28.8 Å². The number of carbonyl (C=O) groups excluding carboxylic acids is 1. The monoisotopic (exact) mass is 397 g/mol. The molecule has 0 aliphatic carbocycles. The highest BCUT2D eigenvalue weighted by Gasteiger charge is 2.17. The van der Waals surface area contributed by atoms with Crippen LogP contribution in [-0.2, 0) is 6.54 Å². The molecule has 1 heterocycles. The molecule has 126 valence electrons. The number of halogens is 1. The van der Waals surface area contributed by atoms with Crippen molar-refractivity contribution in [3.8, 4) is 5.88 Å². The van der Waals surface area contributed by atoms with Crippen LogP contribution in [0.4, 0.5) is 5.69 Å². The maximum atomic E-state index is 12.2. The second-order valence-corrected chi connectivity index (χ2v) is 6.52. The fraction of sp³-hybridized carbons (Fsp3) is 0.105. The average molecular weight is 398 g/mol. The van der Waals surface area contributed by atoms with Crippen molar-refractivity contribution in [1.82, 2.24) is 4.57 Å². The van der Waals surface area contributed by atoms with Crippen LogP contribution in [-0.4, -0.2) is 15.6 Å². The van der Waals surface area contributed by atoms with Crippen molar-refractivity contribution in [3.63, 3.8) is 0 Å². The lowest BCUT2D eigenvalue weighted by Gasteiger charge is -2.02. The van der Waals surface area contributed by atoms with Crippen molar-refractivity contribution in [2.75, 3.05) is 0 Å². The molecule has 1 amide bonds. The fourth-order valence-electron chi connectivity index (χ4n) is 2.64. The molecule has 1 aromatic heterocycles. The van der Waals surface area contributed by atoms with Crippen molar-refractivity contribution >= 4 is 38.4 Å². The average Bonchev–Trinajstić information content (AvgIpc) is 2.84. The van der Waals surface area contributed by atoms with Gasteiger partial charge in [0.05, 0.1) is 5.52 Å². The molecular weight excluding hydrogens is 382 g/mol. The zero-order valence-electron chi connectivity index (χ0n) is 13.6. The van der Waals surface area contributed by atoms with E-state index in [0.717, 1.165) is 15.6 Å². The molecule has 0 saturated carbocycles. The number of allylic oxidation sites excluding steroid dienone is 1. The molecule has 0 bridgehead atoms. The highest BCUT2D eigenvalue weighted by atomic mass is 79.9. The number of nitrogens with zero attached hydrogens (tertiary/aromatic N) is 3. The number of fused-ring (bicyclic) bond motifs is 1. The molecule has 3 rings (SSSR count). The lowest BCUT2D eigenvalue weighted by Crippen LogP contribution is -1.94. The number of carbonyl (C=O) groups is 1. The molecule has 0 spiro atoms. The van der Waals surface area contributed by atoms with Gasteiger partial charge in [-0.1, -0.05) is 39.7 Å². The third-order valence-corrected chi connectivity index (χ3v) is 4.28. The van der Waals surface area contributed by atoms with Gasteiger partial charge in [-0.05, 0) is 37.3 Å². The number of amides is 1. The topological polar surface area (TPSA) is 66.9 Å². The summed E-state index contributed by atoms with van der Waals surface area (Å²) in [5.41, 5.74) is 2.48. The van der Waals surface area contributed by atoms with Gasteiger partial charge in [0.2, 0.25) is 5.88 Å². The van der Waals surface area contributed by atoms with Gasteiger partial charge in [0.15, 0.2) is 5.69 Å². The summed E-state index contributed by atoms with van der Waals surface area (Å²) in [5, 5.41) is 19.0. The predicted octanol–water partition coefficient (Wildman–Crippen LogP) is 5.53. The number of hydrogen-bond donors (Lipinski definition) is 1. The number of benzene rings is 2. The molecule has 0 aliphatic rings. The molecule has 0 radical (unpaired) electrons. The normalized spacial score (nSPS) is 11.3. The Morgan fingerprint density at radius 1 is 1.32 bits per heavy atom. The molecule has 1 N–H and O–H groups in total. The summed E-state index contributed by atoms with van der Waals surface area (Å²) < 4.78 is 2.51. The lowest BCUT2D eigenvalue weighted by molar-refractivity contribution is 0.0995. The Morgan fingerprint density at radius 2 is 2.12 bits per heavy atom. The Morgan fingerprint density at radius 3 is 2.84 bits per heavy atom. The predicted molar refractivity (Wildman–Crippen MR) is 102 cm³/mol. The van der Waals surface area contributed by atoms with Crippen molar-refractivity contribution in [2.24, 2.45) is 10.2 Å². The minimum atomic E-state index is -0.456. The van der Waals surface area contributed by atoms with E-state index in [1.165, 1.54) is 0 Å². The van der Waals surface area contributed by atoms with Crippen molar-refractivity contribution in [2.45, 2.75) is 13.5 Å². The Labute approximate surface area is 153 Å². The minimum Gasteiger partial charge on any atom is -0.493 e. The molecule has 0 unspecified atom stereocenters. The minimum absolute atomic E-state index is 0.0474. The van der Waals surface area contributed by atoms with Crippen molar-refractivity contribution < 1.29 is 9.90 Å². The van der Waals surface area contributed by atoms with Crippen LogP contribution in [0.1, 0.15) is 15.9 Å². The van der Waals surface area contributed by atoms with Gasteiger partial charge in [-0.25, -0.2) is 0 Å². The Balaban J connectivity index is 2.06. The standard InChI is InChI=1S/C19H16BrN3O2/c1-3-9-23-16-8-7-14(20)11-15(16)17(19(23)25)21-22-18(24)13-6-4-5-12(2)10-13/h3-8,10-11,25H,1,9H2,2H3. The fourth-order valence-corrected chi connectivity index (χ4v) is 3.00. The molecule has 0 saturated heterocycles. The number of aromatic nitrogens is 1. The van der Waals surface area contributed by atoms with E-state index in [1.807, 2.05) is 31.2 Å². The van der Waals surface area contributed by atoms with Crippen molar-refractivity contribution in [3.05, 3.63) is 70.7 Å². The number of azo groups is 1. The summed E-state index contributed by atoms with van der Waals surface area (Å²) in [6.45, 7) is 6.03. The van der Waals surface area contributed by atoms with Crippen LogP contribution in [0.25, 0.3) is 10.9 Å². The third-order valence-electron chi connectivity index (χ3n) is 3.79. The Bertz CT molecular complexity index is 1010. The lowest BCUT2D eigenvalue weighted by atomic mass is 10.1. The number of aryl methyl sites for hydroxylation is 1. The molecule has 0 atom stereocenters. The molecule has 0 aliphatic heterocycles. The Kier molecular flexibility index (Phi) is 4.81. The first-order chi connectivity index (χ1) is 12.0. The SMILES string of the molecule is C=CCn1c(O)c(N=NC(=O)c2cccc(C)c2)c2cc(Br)ccc21. The second-order valence-electron chi connectivity index (χ2n) is 5.61. The van der Waals surface area contributed by atoms with Crippen LogP contribution in [0.3, 0.4) is 0 Å². The zero-order chi connectivity index (χ0) is 18.0. The van der Waals surface area contributed by atoms with Gasteiger partial charge in [-0.3, -0.25) is 4.79 Å². The first-order valence-corrected chi connectivity index (χ1v) is 8.45. The van der Waals surface area contributed by atoms with E-state index in [0.29, 0.717) is 17.5 Å². The maximum absolute atomic E-state index is 12.2. The molecule has 0 fully saturated rings. The van der Waals surface area contributed by atoms with Crippen LogP contribution in [0.5, 0.6) is 5.88 Å². The first-order valence-electron chi connectivity index (χ1n) is 7.65. The van der Waals surface area contributed by atoms with Crippen molar-refractivity contribution in [1.29, 1.82) is 0 Å². The zero-order valence-corrected chi connectivity index (χ0v) is 15.2. The van der Waals surface area contributed by atoms with Crippen LogP contribution in [0.2, 0.25) is 0 Å². The first kappa shape index (κ1) is 17.1. The second kappa shape index (κ2) is 7.03. The molecular formula is C19H16BrN3O2. The number of rotatable bonds is 4. The van der Waals surface area contributed by atoms with Gasteiger partial charge in [0.1, 0.15) is 0 Å². The van der Waals surface area contributed by atoms with Crippen LogP contribution >= 0.6 is 15.9 Å². The largest absolute Gasteiger partial charge is 0.493 e. The molecule has 25 heavy (non-hydrogen) atoms. The number of aromatic hydroxyl groups is 1. The van der Waals surface area contributed by atoms with Gasteiger partial charge in [-0.15, -0.1) is 16.8 Å². The van der Waals surface area contributed by atoms with E-state index >= 15 is 0 Å². The summed E-state index contributed by atoms with van der Waals surface area (Å²) in [7, 11) is 0. The summed E-state index contributed by atoms with van der Waals surface area (Å²) in [6.07, 6.45) is 1.68. The number of hydrogen-bond acceptors (Lipinski definition) is 3. The van der Waals surface area contributed by atoms with Crippen LogP contribution in [0, 0.1) is 6.92 Å². The van der Waals surface area contributed by atoms with Gasteiger partial charge >= 0.3 is 0 Å². The molecule has 3 aromatic rings. The van der Waals surface area contributed by atoms with Gasteiger partial charge in [-0.2, -0.15) is 0 Å². The molecule has 5 nitrogen and oxygen atoms in total. The summed E-state index contributed by atoms with van der Waals surface area (Å²) >= 11 is 3.41.